The van der Waals surface area contributed by atoms with Crippen LogP contribution in [0.25, 0.3) is 11.3 Å². The number of rotatable bonds is 2. The van der Waals surface area contributed by atoms with Gasteiger partial charge in [0.25, 0.3) is 0 Å². The lowest BCUT2D eigenvalue weighted by molar-refractivity contribution is 1.29. The molecule has 1 aromatic heterocycles. The first kappa shape index (κ1) is 10.2. The van der Waals surface area contributed by atoms with Crippen molar-refractivity contribution in [1.82, 2.24) is 4.98 Å². The molecule has 16 heavy (non-hydrogen) atoms. The zero-order chi connectivity index (χ0) is 11.4. The van der Waals surface area contributed by atoms with Crippen molar-refractivity contribution in [3.05, 3.63) is 48.2 Å². The van der Waals surface area contributed by atoms with Gasteiger partial charge in [0.2, 0.25) is 0 Å². The Balaban J connectivity index is 2.63. The zero-order valence-corrected chi connectivity index (χ0v) is 8.94. The van der Waals surface area contributed by atoms with Crippen molar-refractivity contribution < 1.29 is 0 Å². The number of hydrogen-bond donors (Lipinski definition) is 1. The summed E-state index contributed by atoms with van der Waals surface area (Å²) in [7, 11) is 1.80. The maximum absolute atomic E-state index is 9.16. The molecule has 0 aliphatic heterocycles. The predicted octanol–water partition coefficient (Wildman–Crippen LogP) is 2.66. The molecule has 0 saturated carbocycles. The van der Waals surface area contributed by atoms with Gasteiger partial charge in [-0.1, -0.05) is 30.3 Å². The number of pyridine rings is 1. The van der Waals surface area contributed by atoms with Crippen molar-refractivity contribution >= 4 is 5.69 Å². The lowest BCUT2D eigenvalue weighted by Gasteiger charge is -2.07. The number of nitriles is 1. The van der Waals surface area contributed by atoms with E-state index < -0.39 is 0 Å². The number of aromatic nitrogens is 1. The van der Waals surface area contributed by atoms with E-state index in [0.717, 1.165) is 16.9 Å². The summed E-state index contributed by atoms with van der Waals surface area (Å²) in [6.07, 6.45) is 1.70. The maximum Gasteiger partial charge on any atom is 0.104 e. The Hall–Kier alpha value is -2.34. The number of benzene rings is 1. The molecule has 1 aromatic carbocycles. The quantitative estimate of drug-likeness (QED) is 0.827. The first-order valence-corrected chi connectivity index (χ1v) is 4.99. The van der Waals surface area contributed by atoms with Crippen LogP contribution in [0.15, 0.2) is 42.6 Å². The fraction of sp³-hybridized carbons (Fsp3) is 0.0769. The van der Waals surface area contributed by atoms with Gasteiger partial charge in [0.05, 0.1) is 11.4 Å². The Morgan fingerprint density at radius 1 is 1.19 bits per heavy atom. The molecule has 2 aromatic rings. The van der Waals surface area contributed by atoms with Crippen LogP contribution in [0.2, 0.25) is 0 Å². The van der Waals surface area contributed by atoms with E-state index in [1.807, 2.05) is 30.3 Å². The molecule has 2 rings (SSSR count). The van der Waals surface area contributed by atoms with Gasteiger partial charge in [-0.2, -0.15) is 5.26 Å². The average molecular weight is 209 g/mol. The molecule has 0 saturated heterocycles. The third kappa shape index (κ3) is 1.73. The summed E-state index contributed by atoms with van der Waals surface area (Å²) in [6.45, 7) is 0. The van der Waals surface area contributed by atoms with Gasteiger partial charge in [0, 0.05) is 18.8 Å². The van der Waals surface area contributed by atoms with E-state index >= 15 is 0 Å². The van der Waals surface area contributed by atoms with E-state index in [9.17, 15) is 0 Å². The van der Waals surface area contributed by atoms with Gasteiger partial charge in [0.1, 0.15) is 11.6 Å². The van der Waals surface area contributed by atoms with Gasteiger partial charge in [-0.15, -0.1) is 0 Å². The SMILES string of the molecule is CNc1ccnc(-c2ccccc2)c1C#N. The van der Waals surface area contributed by atoms with E-state index in [1.165, 1.54) is 0 Å². The molecule has 0 aliphatic carbocycles. The highest BCUT2D eigenvalue weighted by atomic mass is 14.8. The molecule has 3 nitrogen and oxygen atoms in total. The van der Waals surface area contributed by atoms with E-state index in [1.54, 1.807) is 19.3 Å². The lowest BCUT2D eigenvalue weighted by Crippen LogP contribution is -1.96. The highest BCUT2D eigenvalue weighted by Gasteiger charge is 2.09. The van der Waals surface area contributed by atoms with Crippen LogP contribution in [-0.2, 0) is 0 Å². The summed E-state index contributed by atoms with van der Waals surface area (Å²) in [5, 5.41) is 12.2. The highest BCUT2D eigenvalue weighted by Crippen LogP contribution is 2.25. The average Bonchev–Trinajstić information content (AvgIpc) is 2.38. The summed E-state index contributed by atoms with van der Waals surface area (Å²) < 4.78 is 0. The van der Waals surface area contributed by atoms with E-state index in [4.69, 9.17) is 5.26 Å². The molecule has 1 heterocycles. The summed E-state index contributed by atoms with van der Waals surface area (Å²) in [6, 6.07) is 13.7. The minimum absolute atomic E-state index is 0.580. The second-order valence-corrected chi connectivity index (χ2v) is 3.31. The topological polar surface area (TPSA) is 48.7 Å². The summed E-state index contributed by atoms with van der Waals surface area (Å²) >= 11 is 0. The van der Waals surface area contributed by atoms with Crippen LogP contribution in [0, 0.1) is 11.3 Å². The first-order chi connectivity index (χ1) is 7.86. The molecular formula is C13H11N3. The molecule has 0 spiro atoms. The van der Waals surface area contributed by atoms with Crippen LogP contribution in [0.1, 0.15) is 5.56 Å². The lowest BCUT2D eigenvalue weighted by atomic mass is 10.1. The molecular weight excluding hydrogens is 198 g/mol. The maximum atomic E-state index is 9.16. The number of nitrogens with one attached hydrogen (secondary N) is 1. The monoisotopic (exact) mass is 209 g/mol. The normalized spacial score (nSPS) is 9.50. The summed E-state index contributed by atoms with van der Waals surface area (Å²) in [5.41, 5.74) is 3.05. The molecule has 0 amide bonds. The second-order valence-electron chi connectivity index (χ2n) is 3.31. The van der Waals surface area contributed by atoms with E-state index in [-0.39, 0.29) is 0 Å². The Kier molecular flexibility index (Phi) is 2.84. The Labute approximate surface area is 94.4 Å². The largest absolute Gasteiger partial charge is 0.387 e. The van der Waals surface area contributed by atoms with Gasteiger partial charge in [0.15, 0.2) is 0 Å². The van der Waals surface area contributed by atoms with Crippen molar-refractivity contribution in [3.63, 3.8) is 0 Å². The first-order valence-electron chi connectivity index (χ1n) is 4.99. The summed E-state index contributed by atoms with van der Waals surface area (Å²) in [5.74, 6) is 0. The Bertz CT molecular complexity index is 527. The van der Waals surface area contributed by atoms with Gasteiger partial charge in [-0.3, -0.25) is 4.98 Å². The van der Waals surface area contributed by atoms with Gasteiger partial charge in [-0.05, 0) is 6.07 Å². The highest BCUT2D eigenvalue weighted by molar-refractivity contribution is 5.74. The molecule has 0 atom stereocenters. The molecule has 78 valence electrons. The molecule has 0 unspecified atom stereocenters. The van der Waals surface area contributed by atoms with Gasteiger partial charge in [-0.25, -0.2) is 0 Å². The van der Waals surface area contributed by atoms with Crippen LogP contribution in [0.5, 0.6) is 0 Å². The zero-order valence-electron chi connectivity index (χ0n) is 8.94. The fourth-order valence-corrected chi connectivity index (χ4v) is 1.60. The number of anilines is 1. The van der Waals surface area contributed by atoms with Crippen molar-refractivity contribution in [2.45, 2.75) is 0 Å². The number of nitrogens with zero attached hydrogens (tertiary/aromatic N) is 2. The Morgan fingerprint density at radius 2 is 1.94 bits per heavy atom. The van der Waals surface area contributed by atoms with E-state index in [0.29, 0.717) is 5.56 Å². The fourth-order valence-electron chi connectivity index (χ4n) is 1.60. The smallest absolute Gasteiger partial charge is 0.104 e. The van der Waals surface area contributed by atoms with Gasteiger partial charge < -0.3 is 5.32 Å². The standard InChI is InChI=1S/C13H11N3/c1-15-12-7-8-16-13(11(12)9-14)10-5-3-2-4-6-10/h2-8H,1H3,(H,15,16). The van der Waals surface area contributed by atoms with E-state index in [2.05, 4.69) is 16.4 Å². The van der Waals surface area contributed by atoms with Crippen molar-refractivity contribution in [2.24, 2.45) is 0 Å². The minimum atomic E-state index is 0.580. The second kappa shape index (κ2) is 4.45. The minimum Gasteiger partial charge on any atom is -0.387 e. The van der Waals surface area contributed by atoms with Crippen LogP contribution in [0.4, 0.5) is 5.69 Å². The van der Waals surface area contributed by atoms with Crippen LogP contribution in [0.3, 0.4) is 0 Å². The van der Waals surface area contributed by atoms with Crippen molar-refractivity contribution in [1.29, 1.82) is 5.26 Å². The predicted molar refractivity (Wildman–Crippen MR) is 63.9 cm³/mol. The molecule has 0 radical (unpaired) electrons. The Morgan fingerprint density at radius 3 is 2.56 bits per heavy atom. The third-order valence-electron chi connectivity index (χ3n) is 2.38. The number of hydrogen-bond acceptors (Lipinski definition) is 3. The molecule has 1 N–H and O–H groups in total. The van der Waals surface area contributed by atoms with Crippen LogP contribution >= 0.6 is 0 Å². The summed E-state index contributed by atoms with van der Waals surface area (Å²) in [4.78, 5) is 4.27. The van der Waals surface area contributed by atoms with Crippen LogP contribution < -0.4 is 5.32 Å². The van der Waals surface area contributed by atoms with Crippen molar-refractivity contribution in [2.75, 3.05) is 12.4 Å². The molecule has 0 bridgehead atoms. The van der Waals surface area contributed by atoms with Crippen molar-refractivity contribution in [3.8, 4) is 17.3 Å². The molecule has 3 heteroatoms. The van der Waals surface area contributed by atoms with Gasteiger partial charge >= 0.3 is 0 Å². The van der Waals surface area contributed by atoms with Crippen LogP contribution in [-0.4, -0.2) is 12.0 Å². The molecule has 0 fully saturated rings. The molecule has 0 aliphatic rings. The third-order valence-corrected chi connectivity index (χ3v) is 2.38.